The number of hydrogen-bond donors (Lipinski definition) is 4. The van der Waals surface area contributed by atoms with Crippen LogP contribution in [0.5, 0.6) is 0 Å². The lowest BCUT2D eigenvalue weighted by atomic mass is 9.97. The number of nitrogen functional groups attached to an aromatic ring is 1. The van der Waals surface area contributed by atoms with E-state index in [1.54, 1.807) is 12.3 Å². The summed E-state index contributed by atoms with van der Waals surface area (Å²) in [5.41, 5.74) is 11.2. The fourth-order valence-electron chi connectivity index (χ4n) is 4.40. The van der Waals surface area contributed by atoms with Crippen molar-refractivity contribution in [3.8, 4) is 0 Å². The minimum Gasteiger partial charge on any atom is -0.449 e. The van der Waals surface area contributed by atoms with Crippen molar-refractivity contribution in [2.24, 2.45) is 0 Å². The van der Waals surface area contributed by atoms with Gasteiger partial charge in [0, 0.05) is 35.9 Å². The van der Waals surface area contributed by atoms with E-state index in [2.05, 4.69) is 20.9 Å². The number of rotatable bonds is 2. The van der Waals surface area contributed by atoms with Crippen molar-refractivity contribution in [3.63, 3.8) is 0 Å². The van der Waals surface area contributed by atoms with Crippen molar-refractivity contribution < 1.29 is 14.3 Å². The number of anilines is 3. The van der Waals surface area contributed by atoms with Gasteiger partial charge in [0.05, 0.1) is 6.61 Å². The van der Waals surface area contributed by atoms with E-state index < -0.39 is 12.1 Å². The summed E-state index contributed by atoms with van der Waals surface area (Å²) in [5.74, 6) is 0.302. The molecule has 1 aromatic heterocycles. The predicted molar refractivity (Wildman–Crippen MR) is 141 cm³/mol. The second kappa shape index (κ2) is 9.95. The smallest absolute Gasteiger partial charge is 0.411 e. The first-order valence-corrected chi connectivity index (χ1v) is 11.8. The third kappa shape index (κ3) is 5.07. The van der Waals surface area contributed by atoms with Gasteiger partial charge in [-0.3, -0.25) is 10.1 Å². The summed E-state index contributed by atoms with van der Waals surface area (Å²) in [6.45, 7) is 2.55. The number of carbonyl (C=O) groups excluding carboxylic acids is 2. The van der Waals surface area contributed by atoms with Gasteiger partial charge >= 0.3 is 6.09 Å². The fourth-order valence-corrected chi connectivity index (χ4v) is 4.40. The maximum absolute atomic E-state index is 13.5. The zero-order valence-corrected chi connectivity index (χ0v) is 19.9. The number of aromatic nitrogens is 1. The molecule has 1 unspecified atom stereocenters. The molecule has 182 valence electrons. The Hall–Kier alpha value is -4.59. The number of nitrogens with two attached hydrogens (primary N) is 1. The molecule has 0 saturated heterocycles. The molecular formula is C28H27N5O3. The molecule has 2 aliphatic heterocycles. The highest BCUT2D eigenvalue weighted by Gasteiger charge is 2.22. The van der Waals surface area contributed by atoms with Crippen LogP contribution in [0.4, 0.5) is 22.0 Å². The molecule has 3 heterocycles. The molecule has 2 aliphatic rings. The molecule has 0 fully saturated rings. The first kappa shape index (κ1) is 23.2. The molecule has 4 bridgehead atoms. The normalized spacial score (nSPS) is 16.2. The molecule has 2 amide bonds. The Labute approximate surface area is 208 Å². The summed E-state index contributed by atoms with van der Waals surface area (Å²) in [6, 6.07) is 20.3. The minimum absolute atomic E-state index is 0.165. The quantitative estimate of drug-likeness (QED) is 0.330. The van der Waals surface area contributed by atoms with Crippen LogP contribution < -0.4 is 21.7 Å². The number of pyridine rings is 1. The number of amides is 2. The number of nitrogens with zero attached hydrogens (tertiary/aromatic N) is 1. The van der Waals surface area contributed by atoms with Crippen molar-refractivity contribution in [2.75, 3.05) is 23.0 Å². The lowest BCUT2D eigenvalue weighted by molar-refractivity contribution is -0.122. The number of nitrogens with one attached hydrogen (secondary N) is 3. The standard InChI is InChI=1S/C28H27N5O3/c1-17-13-21-6-5-19(17)10-12-36-28(35)33-22-4-2-3-18(14-22)16-31-27(34)25(21)32-23-7-8-24-20(15-23)9-11-30-26(24)29/h2-9,11,13-15,25,32H,10,12,16H2,1H3,(H2,29,30)(H,31,34)(H,33,35). The summed E-state index contributed by atoms with van der Waals surface area (Å²) < 4.78 is 5.36. The molecule has 4 aromatic rings. The molecule has 8 heteroatoms. The topological polar surface area (TPSA) is 118 Å². The van der Waals surface area contributed by atoms with Crippen molar-refractivity contribution in [1.29, 1.82) is 0 Å². The van der Waals surface area contributed by atoms with Crippen LogP contribution in [-0.4, -0.2) is 23.6 Å². The molecule has 6 rings (SSSR count). The molecular weight excluding hydrogens is 454 g/mol. The van der Waals surface area contributed by atoms with Crippen molar-refractivity contribution in [1.82, 2.24) is 10.3 Å². The Kier molecular flexibility index (Phi) is 6.40. The van der Waals surface area contributed by atoms with Crippen molar-refractivity contribution in [2.45, 2.75) is 25.9 Å². The summed E-state index contributed by atoms with van der Waals surface area (Å²) in [6.07, 6.45) is 1.74. The van der Waals surface area contributed by atoms with Gasteiger partial charge in [0.25, 0.3) is 0 Å². The average molecular weight is 482 g/mol. The van der Waals surface area contributed by atoms with Crippen LogP contribution in [0.3, 0.4) is 0 Å². The fraction of sp³-hybridized carbons (Fsp3) is 0.179. The predicted octanol–water partition coefficient (Wildman–Crippen LogP) is 4.70. The Morgan fingerprint density at radius 3 is 2.81 bits per heavy atom. The van der Waals surface area contributed by atoms with E-state index in [-0.39, 0.29) is 12.5 Å². The highest BCUT2D eigenvalue weighted by Crippen LogP contribution is 2.27. The highest BCUT2D eigenvalue weighted by atomic mass is 16.5. The van der Waals surface area contributed by atoms with Gasteiger partial charge in [0.15, 0.2) is 0 Å². The molecule has 3 aromatic carbocycles. The summed E-state index contributed by atoms with van der Waals surface area (Å²) in [5, 5.41) is 11.0. The van der Waals surface area contributed by atoms with Gasteiger partial charge in [-0.05, 0) is 71.0 Å². The van der Waals surface area contributed by atoms with E-state index in [9.17, 15) is 9.59 Å². The number of hydrogen-bond acceptors (Lipinski definition) is 6. The lowest BCUT2D eigenvalue weighted by Crippen LogP contribution is -2.33. The molecule has 0 radical (unpaired) electrons. The van der Waals surface area contributed by atoms with E-state index in [1.165, 1.54) is 0 Å². The maximum atomic E-state index is 13.5. The maximum Gasteiger partial charge on any atom is 0.411 e. The first-order valence-electron chi connectivity index (χ1n) is 11.8. The molecule has 0 saturated carbocycles. The van der Waals surface area contributed by atoms with Gasteiger partial charge in [-0.1, -0.05) is 30.3 Å². The highest BCUT2D eigenvalue weighted by molar-refractivity contribution is 5.94. The molecule has 8 nitrogen and oxygen atoms in total. The lowest BCUT2D eigenvalue weighted by Gasteiger charge is -2.22. The second-order valence-electron chi connectivity index (χ2n) is 8.82. The van der Waals surface area contributed by atoms with E-state index in [0.29, 0.717) is 24.5 Å². The van der Waals surface area contributed by atoms with Crippen LogP contribution in [0.2, 0.25) is 0 Å². The molecule has 1 atom stereocenters. The van der Waals surface area contributed by atoms with Crippen molar-refractivity contribution >= 4 is 40.0 Å². The van der Waals surface area contributed by atoms with Gasteiger partial charge in [-0.15, -0.1) is 0 Å². The largest absolute Gasteiger partial charge is 0.449 e. The average Bonchev–Trinajstić information content (AvgIpc) is 2.86. The van der Waals surface area contributed by atoms with Crippen LogP contribution in [0, 0.1) is 6.92 Å². The van der Waals surface area contributed by atoms with Crippen molar-refractivity contribution in [3.05, 3.63) is 95.2 Å². The van der Waals surface area contributed by atoms with E-state index in [0.717, 1.165) is 38.7 Å². The van der Waals surface area contributed by atoms with Crippen LogP contribution in [0.1, 0.15) is 28.3 Å². The van der Waals surface area contributed by atoms with Gasteiger partial charge < -0.3 is 21.1 Å². The van der Waals surface area contributed by atoms with Crippen LogP contribution in [-0.2, 0) is 22.5 Å². The Balaban J connectivity index is 1.49. The zero-order chi connectivity index (χ0) is 25.1. The second-order valence-corrected chi connectivity index (χ2v) is 8.82. The van der Waals surface area contributed by atoms with Gasteiger partial charge in [-0.25, -0.2) is 9.78 Å². The number of aryl methyl sites for hydroxylation is 1. The summed E-state index contributed by atoms with van der Waals surface area (Å²) in [7, 11) is 0. The summed E-state index contributed by atoms with van der Waals surface area (Å²) >= 11 is 0. The Bertz CT molecular complexity index is 1450. The minimum atomic E-state index is -0.624. The molecule has 36 heavy (non-hydrogen) atoms. The van der Waals surface area contributed by atoms with Gasteiger partial charge in [-0.2, -0.15) is 0 Å². The molecule has 0 spiro atoms. The van der Waals surface area contributed by atoms with Crippen LogP contribution in [0.15, 0.2) is 72.9 Å². The van der Waals surface area contributed by atoms with E-state index in [4.69, 9.17) is 10.5 Å². The van der Waals surface area contributed by atoms with Gasteiger partial charge in [0.1, 0.15) is 11.9 Å². The Morgan fingerprint density at radius 1 is 1.06 bits per heavy atom. The number of ether oxygens (including phenoxy) is 1. The van der Waals surface area contributed by atoms with Crippen LogP contribution >= 0.6 is 0 Å². The van der Waals surface area contributed by atoms with E-state index in [1.807, 2.05) is 67.6 Å². The molecule has 0 aliphatic carbocycles. The molecule has 5 N–H and O–H groups in total. The monoisotopic (exact) mass is 481 g/mol. The number of carbonyl (C=O) groups is 2. The SMILES string of the molecule is Cc1cc2ccc1CCOC(=O)Nc1cccc(c1)CNC(=O)C2Nc1ccc2c(N)nccc2c1. The summed E-state index contributed by atoms with van der Waals surface area (Å²) in [4.78, 5) is 29.8. The van der Waals surface area contributed by atoms with Gasteiger partial charge in [0.2, 0.25) is 5.91 Å². The zero-order valence-electron chi connectivity index (χ0n) is 19.9. The Morgan fingerprint density at radius 2 is 1.94 bits per heavy atom. The van der Waals surface area contributed by atoms with Crippen LogP contribution in [0.25, 0.3) is 10.8 Å². The number of fused-ring (bicyclic) bond motifs is 10. The third-order valence-electron chi connectivity index (χ3n) is 6.31. The third-order valence-corrected chi connectivity index (χ3v) is 6.31. The van der Waals surface area contributed by atoms with E-state index >= 15 is 0 Å². The number of benzene rings is 3. The first-order chi connectivity index (χ1) is 17.5.